The monoisotopic (exact) mass is 432 g/mol. The minimum Gasteiger partial charge on any atom is -0.390 e. The fourth-order valence-corrected chi connectivity index (χ4v) is 1.73. The van der Waals surface area contributed by atoms with E-state index in [1.54, 1.807) is 6.92 Å². The third-order valence-corrected chi connectivity index (χ3v) is 3.49. The van der Waals surface area contributed by atoms with E-state index in [4.69, 9.17) is 5.11 Å². The summed E-state index contributed by atoms with van der Waals surface area (Å²) in [7, 11) is 0. The molecule has 0 spiro atoms. The van der Waals surface area contributed by atoms with Gasteiger partial charge in [-0.05, 0) is 6.42 Å². The molecule has 0 saturated carbocycles. The van der Waals surface area contributed by atoms with E-state index in [1.165, 1.54) is 0 Å². The summed E-state index contributed by atoms with van der Waals surface area (Å²) >= 11 is 0. The smallest absolute Gasteiger partial charge is 0.390 e. The highest BCUT2D eigenvalue weighted by molar-refractivity contribution is 5.10. The van der Waals surface area contributed by atoms with Crippen LogP contribution in [0.25, 0.3) is 0 Å². The van der Waals surface area contributed by atoms with Crippen molar-refractivity contribution in [2.45, 2.75) is 68.3 Å². The van der Waals surface area contributed by atoms with E-state index in [0.29, 0.717) is 12.8 Å². The van der Waals surface area contributed by atoms with Crippen molar-refractivity contribution in [2.75, 3.05) is 13.2 Å². The largest absolute Gasteiger partial charge is 0.426 e. The zero-order chi connectivity index (χ0) is 21.9. The van der Waals surface area contributed by atoms with Gasteiger partial charge in [0.1, 0.15) is 6.61 Å². The molecular formula is C13H16F12O2. The average Bonchev–Trinajstić information content (AvgIpc) is 2.53. The predicted octanol–water partition coefficient (Wildman–Crippen LogP) is 5.34. The molecule has 0 aliphatic rings. The van der Waals surface area contributed by atoms with Crippen molar-refractivity contribution in [1.29, 1.82) is 0 Å². The average molecular weight is 432 g/mol. The van der Waals surface area contributed by atoms with E-state index in [9.17, 15) is 52.7 Å². The Morgan fingerprint density at radius 1 is 0.630 bits per heavy atom. The van der Waals surface area contributed by atoms with Crippen LogP contribution in [-0.4, -0.2) is 54.0 Å². The molecule has 0 aromatic rings. The Morgan fingerprint density at radius 2 is 1.07 bits per heavy atom. The highest BCUT2D eigenvalue weighted by Crippen LogP contribution is 2.60. The molecule has 0 saturated heterocycles. The van der Waals surface area contributed by atoms with Gasteiger partial charge in [0, 0.05) is 0 Å². The Bertz CT molecular complexity index is 478. The molecule has 1 N–H and O–H groups in total. The van der Waals surface area contributed by atoms with Crippen molar-refractivity contribution in [3.05, 3.63) is 0 Å². The van der Waals surface area contributed by atoms with Crippen molar-refractivity contribution >= 4 is 0 Å². The van der Waals surface area contributed by atoms with Crippen LogP contribution in [-0.2, 0) is 4.74 Å². The number of ether oxygens (including phenoxy) is 1. The third kappa shape index (κ3) is 4.40. The molecule has 0 radical (unpaired) electrons. The first kappa shape index (κ1) is 26.1. The van der Waals surface area contributed by atoms with Gasteiger partial charge in [0.2, 0.25) is 0 Å². The van der Waals surface area contributed by atoms with E-state index in [2.05, 4.69) is 4.74 Å². The molecule has 0 amide bonds. The van der Waals surface area contributed by atoms with Gasteiger partial charge in [0.15, 0.2) is 0 Å². The first-order valence-corrected chi connectivity index (χ1v) is 7.39. The van der Waals surface area contributed by atoms with Gasteiger partial charge in [0.05, 0.1) is 6.61 Å². The Hall–Kier alpha value is -0.920. The number of halogens is 12. The molecule has 0 bridgehead atoms. The zero-order valence-electron chi connectivity index (χ0n) is 13.6. The van der Waals surface area contributed by atoms with Crippen LogP contribution in [0.5, 0.6) is 0 Å². The molecule has 0 aliphatic carbocycles. The molecule has 0 aliphatic heterocycles. The van der Waals surface area contributed by atoms with Gasteiger partial charge in [0.25, 0.3) is 0 Å². The highest BCUT2D eigenvalue weighted by Gasteiger charge is 2.90. The van der Waals surface area contributed by atoms with Gasteiger partial charge >= 0.3 is 35.7 Å². The van der Waals surface area contributed by atoms with Gasteiger partial charge in [-0.25, -0.2) is 0 Å². The second kappa shape index (κ2) is 8.21. The Kier molecular flexibility index (Phi) is 7.93. The molecule has 27 heavy (non-hydrogen) atoms. The summed E-state index contributed by atoms with van der Waals surface area (Å²) in [4.78, 5) is 0. The number of aliphatic hydroxyl groups excluding tert-OH is 1. The zero-order valence-corrected chi connectivity index (χ0v) is 13.6. The number of unbranched alkanes of at least 4 members (excludes halogenated alkanes) is 3. The lowest BCUT2D eigenvalue weighted by Gasteiger charge is -2.40. The van der Waals surface area contributed by atoms with Gasteiger partial charge in [-0.15, -0.1) is 0 Å². The molecule has 0 atom stereocenters. The van der Waals surface area contributed by atoms with Gasteiger partial charge in [-0.1, -0.05) is 26.2 Å². The SMILES string of the molecule is CCCCCCOC(F)(F)C(F)(F)C(F)(F)C(F)(F)C(F)(F)C(F)(F)CO. The van der Waals surface area contributed by atoms with Gasteiger partial charge in [-0.2, -0.15) is 52.7 Å². The summed E-state index contributed by atoms with van der Waals surface area (Å²) in [6.45, 7) is -2.79. The Labute approximate surface area is 145 Å². The lowest BCUT2D eigenvalue weighted by molar-refractivity contribution is -0.458. The van der Waals surface area contributed by atoms with Crippen LogP contribution in [0, 0.1) is 0 Å². The molecule has 14 heteroatoms. The maximum absolute atomic E-state index is 13.3. The van der Waals surface area contributed by atoms with Crippen molar-refractivity contribution in [2.24, 2.45) is 0 Å². The lowest BCUT2D eigenvalue weighted by atomic mass is 9.94. The number of aliphatic hydroxyl groups is 1. The highest BCUT2D eigenvalue weighted by atomic mass is 19.4. The lowest BCUT2D eigenvalue weighted by Crippen LogP contribution is -2.71. The maximum atomic E-state index is 13.3. The van der Waals surface area contributed by atoms with Gasteiger partial charge < -0.3 is 9.84 Å². The maximum Gasteiger partial charge on any atom is 0.426 e. The number of hydrogen-bond acceptors (Lipinski definition) is 2. The van der Waals surface area contributed by atoms with Crippen molar-refractivity contribution in [1.82, 2.24) is 0 Å². The predicted molar refractivity (Wildman–Crippen MR) is 66.9 cm³/mol. The normalized spacial score (nSPS) is 15.3. The first-order chi connectivity index (χ1) is 11.9. The molecule has 0 fully saturated rings. The van der Waals surface area contributed by atoms with Crippen LogP contribution in [0.4, 0.5) is 52.7 Å². The standard InChI is InChI=1S/C13H16F12O2/c1-2-3-4-5-6-27-13(24,25)12(22,23)11(20,21)10(18,19)9(16,17)8(14,15)7-26/h26H,2-7H2,1H3. The van der Waals surface area contributed by atoms with Crippen molar-refractivity contribution < 1.29 is 62.5 Å². The topological polar surface area (TPSA) is 29.5 Å². The Morgan fingerprint density at radius 3 is 1.48 bits per heavy atom. The van der Waals surface area contributed by atoms with Crippen LogP contribution in [0.2, 0.25) is 0 Å². The number of hydrogen-bond donors (Lipinski definition) is 1. The molecule has 0 unspecified atom stereocenters. The van der Waals surface area contributed by atoms with E-state index < -0.39 is 48.9 Å². The fourth-order valence-electron chi connectivity index (χ4n) is 1.73. The summed E-state index contributed by atoms with van der Waals surface area (Å²) in [6, 6.07) is 0. The second-order valence-electron chi connectivity index (χ2n) is 5.59. The molecule has 164 valence electrons. The summed E-state index contributed by atoms with van der Waals surface area (Å²) in [5, 5.41) is 7.94. The molecule has 2 nitrogen and oxygen atoms in total. The minimum atomic E-state index is -7.68. The van der Waals surface area contributed by atoms with Crippen LogP contribution in [0.15, 0.2) is 0 Å². The van der Waals surface area contributed by atoms with E-state index in [-0.39, 0.29) is 12.8 Å². The summed E-state index contributed by atoms with van der Waals surface area (Å²) in [6.07, 6.45) is -5.69. The third-order valence-electron chi connectivity index (χ3n) is 3.49. The van der Waals surface area contributed by atoms with Gasteiger partial charge in [-0.3, -0.25) is 0 Å². The van der Waals surface area contributed by atoms with Crippen LogP contribution in [0.1, 0.15) is 32.6 Å². The summed E-state index contributed by atoms with van der Waals surface area (Å²) in [5.41, 5.74) is 0. The van der Waals surface area contributed by atoms with E-state index >= 15 is 0 Å². The quantitative estimate of drug-likeness (QED) is 0.333. The number of rotatable bonds is 12. The molecular weight excluding hydrogens is 416 g/mol. The van der Waals surface area contributed by atoms with Crippen LogP contribution in [0.3, 0.4) is 0 Å². The van der Waals surface area contributed by atoms with E-state index in [1.807, 2.05) is 0 Å². The summed E-state index contributed by atoms with van der Waals surface area (Å²) in [5.74, 6) is -36.2. The summed E-state index contributed by atoms with van der Waals surface area (Å²) < 4.78 is 161. The van der Waals surface area contributed by atoms with Crippen LogP contribution < -0.4 is 0 Å². The Balaban J connectivity index is 5.73. The second-order valence-corrected chi connectivity index (χ2v) is 5.59. The van der Waals surface area contributed by atoms with Crippen molar-refractivity contribution in [3.63, 3.8) is 0 Å². The molecule has 0 rings (SSSR count). The minimum absolute atomic E-state index is 0.117. The molecule has 0 heterocycles. The number of alkyl halides is 12. The fraction of sp³-hybridized carbons (Fsp3) is 1.00. The first-order valence-electron chi connectivity index (χ1n) is 7.39. The molecule has 0 aromatic heterocycles. The van der Waals surface area contributed by atoms with Crippen LogP contribution >= 0.6 is 0 Å². The van der Waals surface area contributed by atoms with E-state index in [0.717, 1.165) is 0 Å². The molecule has 0 aromatic carbocycles. The van der Waals surface area contributed by atoms with Crippen molar-refractivity contribution in [3.8, 4) is 0 Å².